The molecule has 0 aromatic heterocycles. The second-order valence-electron chi connectivity index (χ2n) is 12.0. The molecule has 4 aromatic carbocycles. The van der Waals surface area contributed by atoms with Gasteiger partial charge in [-0.3, -0.25) is 9.05 Å². The van der Waals surface area contributed by atoms with E-state index >= 15 is 0 Å². The quantitative estimate of drug-likeness (QED) is 0.226. The zero-order valence-corrected chi connectivity index (χ0v) is 25.1. The maximum atomic E-state index is 7.27. The number of hydrogen-bond donors (Lipinski definition) is 0. The second kappa shape index (κ2) is 10.7. The molecule has 2 heterocycles. The number of rotatable bonds is 5. The van der Waals surface area contributed by atoms with E-state index in [9.17, 15) is 0 Å². The Labute approximate surface area is 244 Å². The van der Waals surface area contributed by atoms with Crippen molar-refractivity contribution in [2.24, 2.45) is 0 Å². The van der Waals surface area contributed by atoms with E-state index in [1.54, 1.807) is 0 Å². The molecule has 0 spiro atoms. The Morgan fingerprint density at radius 2 is 0.829 bits per heavy atom. The predicted molar refractivity (Wildman–Crippen MR) is 161 cm³/mol. The topological polar surface area (TPSA) is 46.2 Å². The highest BCUT2D eigenvalue weighted by molar-refractivity contribution is 7.41. The van der Waals surface area contributed by atoms with Crippen LogP contribution in [0.3, 0.4) is 0 Å². The summed E-state index contributed by atoms with van der Waals surface area (Å²) in [6.07, 6.45) is -1.22. The van der Waals surface area contributed by atoms with E-state index in [2.05, 4.69) is 48.5 Å². The van der Waals surface area contributed by atoms with Gasteiger partial charge in [0, 0.05) is 0 Å². The molecule has 0 bridgehead atoms. The second-order valence-corrected chi connectivity index (χ2v) is 13.0. The van der Waals surface area contributed by atoms with Crippen molar-refractivity contribution in [2.75, 3.05) is 0 Å². The first kappa shape index (κ1) is 28.2. The van der Waals surface area contributed by atoms with Gasteiger partial charge in [0.15, 0.2) is 17.0 Å². The van der Waals surface area contributed by atoms with E-state index in [1.807, 2.05) is 107 Å². The molecule has 212 valence electrons. The SMILES string of the molecule is CC(C)(C)OP1OC(c2ccccc2)(c2ccccc2)[C@@H]2OC(C)(C)O[C@H]2C(c2ccccc2)(c2ccccc2)O1. The van der Waals surface area contributed by atoms with Crippen LogP contribution < -0.4 is 0 Å². The Hall–Kier alpha value is -2.89. The standard InChI is InChI=1S/C35H37O5P/c1-32(2,3)38-41-39-34(26-18-10-6-11-19-26,27-20-12-7-13-21-27)30-31(37-33(4,5)36-30)35(40-41,28-22-14-8-15-23-28)29-24-16-9-17-25-29/h6-25,30-31H,1-5H3/t30-,31-/m1/s1. The highest BCUT2D eigenvalue weighted by Gasteiger charge is 2.67. The summed E-state index contributed by atoms with van der Waals surface area (Å²) in [6, 6.07) is 40.9. The van der Waals surface area contributed by atoms with Crippen LogP contribution in [0.4, 0.5) is 0 Å². The highest BCUT2D eigenvalue weighted by Crippen LogP contribution is 2.65. The Bertz CT molecular complexity index is 1260. The maximum Gasteiger partial charge on any atom is 0.335 e. The Morgan fingerprint density at radius 3 is 1.10 bits per heavy atom. The summed E-state index contributed by atoms with van der Waals surface area (Å²) in [5.74, 6) is -0.920. The van der Waals surface area contributed by atoms with Crippen LogP contribution in [-0.4, -0.2) is 23.6 Å². The van der Waals surface area contributed by atoms with E-state index in [4.69, 9.17) is 23.0 Å². The number of ether oxygens (including phenoxy) is 2. The molecule has 0 aliphatic carbocycles. The molecule has 2 aliphatic rings. The number of hydrogen-bond acceptors (Lipinski definition) is 5. The molecule has 0 unspecified atom stereocenters. The molecule has 0 amide bonds. The van der Waals surface area contributed by atoms with E-state index in [1.165, 1.54) is 0 Å². The molecule has 0 saturated carbocycles. The summed E-state index contributed by atoms with van der Waals surface area (Å²) < 4.78 is 35.1. The third-order valence-corrected chi connectivity index (χ3v) is 9.06. The first-order valence-electron chi connectivity index (χ1n) is 14.1. The Kier molecular flexibility index (Phi) is 7.40. The molecule has 4 aromatic rings. The van der Waals surface area contributed by atoms with E-state index < -0.39 is 43.4 Å². The van der Waals surface area contributed by atoms with Crippen molar-refractivity contribution in [2.45, 2.75) is 69.4 Å². The monoisotopic (exact) mass is 568 g/mol. The molecule has 6 rings (SSSR count). The first-order chi connectivity index (χ1) is 19.6. The summed E-state index contributed by atoms with van der Waals surface area (Å²) in [5.41, 5.74) is 0.985. The molecule has 2 atom stereocenters. The van der Waals surface area contributed by atoms with Gasteiger partial charge in [0.05, 0.1) is 5.60 Å². The zero-order valence-electron chi connectivity index (χ0n) is 24.2. The molecule has 0 N–H and O–H groups in total. The fourth-order valence-electron chi connectivity index (χ4n) is 5.92. The van der Waals surface area contributed by atoms with Crippen molar-refractivity contribution in [3.63, 3.8) is 0 Å². The third kappa shape index (κ3) is 5.17. The molecule has 41 heavy (non-hydrogen) atoms. The number of fused-ring (bicyclic) bond motifs is 1. The van der Waals surface area contributed by atoms with Crippen LogP contribution in [0.15, 0.2) is 121 Å². The van der Waals surface area contributed by atoms with Crippen LogP contribution in [0.25, 0.3) is 0 Å². The van der Waals surface area contributed by atoms with Crippen molar-refractivity contribution in [1.82, 2.24) is 0 Å². The van der Waals surface area contributed by atoms with E-state index in [-0.39, 0.29) is 0 Å². The molecule has 0 radical (unpaired) electrons. The molecular weight excluding hydrogens is 531 g/mol. The lowest BCUT2D eigenvalue weighted by atomic mass is 9.72. The molecule has 2 saturated heterocycles. The van der Waals surface area contributed by atoms with Gasteiger partial charge in [0.25, 0.3) is 0 Å². The van der Waals surface area contributed by atoms with Gasteiger partial charge >= 0.3 is 8.60 Å². The first-order valence-corrected chi connectivity index (χ1v) is 15.2. The van der Waals surface area contributed by atoms with E-state index in [0.29, 0.717) is 0 Å². The lowest BCUT2D eigenvalue weighted by molar-refractivity contribution is -0.177. The average molecular weight is 569 g/mol. The number of benzene rings is 4. The molecular formula is C35H37O5P. The minimum atomic E-state index is -1.97. The fraction of sp³-hybridized carbons (Fsp3) is 0.314. The highest BCUT2D eigenvalue weighted by atomic mass is 31.2. The third-order valence-electron chi connectivity index (χ3n) is 7.49. The van der Waals surface area contributed by atoms with Gasteiger partial charge in [0.2, 0.25) is 0 Å². The lowest BCUT2D eigenvalue weighted by Gasteiger charge is -2.41. The minimum absolute atomic E-state index is 0.551. The molecule has 2 aliphatic heterocycles. The van der Waals surface area contributed by atoms with Gasteiger partial charge < -0.3 is 14.0 Å². The van der Waals surface area contributed by atoms with Crippen molar-refractivity contribution >= 4 is 8.60 Å². The van der Waals surface area contributed by atoms with Crippen molar-refractivity contribution in [3.05, 3.63) is 144 Å². The fourth-order valence-corrected chi connectivity index (χ4v) is 7.58. The summed E-state index contributed by atoms with van der Waals surface area (Å²) in [5, 5.41) is 0. The van der Waals surface area contributed by atoms with Crippen LogP contribution in [0, 0.1) is 0 Å². The summed E-state index contributed by atoms with van der Waals surface area (Å²) in [7, 11) is -1.97. The van der Waals surface area contributed by atoms with Gasteiger partial charge in [-0.15, -0.1) is 0 Å². The molecule has 2 fully saturated rings. The summed E-state index contributed by atoms with van der Waals surface area (Å²) in [4.78, 5) is 0. The zero-order chi connectivity index (χ0) is 28.7. The normalized spacial score (nSPS) is 23.4. The summed E-state index contributed by atoms with van der Waals surface area (Å²) >= 11 is 0. The Balaban J connectivity index is 1.70. The lowest BCUT2D eigenvalue weighted by Crippen LogP contribution is -2.53. The Morgan fingerprint density at radius 1 is 0.537 bits per heavy atom. The van der Waals surface area contributed by atoms with Gasteiger partial charge in [0.1, 0.15) is 12.2 Å². The van der Waals surface area contributed by atoms with Crippen LogP contribution in [-0.2, 0) is 34.2 Å². The minimum Gasteiger partial charge on any atom is -0.341 e. The van der Waals surface area contributed by atoms with Crippen molar-refractivity contribution < 1.29 is 23.0 Å². The van der Waals surface area contributed by atoms with Crippen LogP contribution >= 0.6 is 8.60 Å². The largest absolute Gasteiger partial charge is 0.341 e. The van der Waals surface area contributed by atoms with Crippen LogP contribution in [0.1, 0.15) is 56.9 Å². The smallest absolute Gasteiger partial charge is 0.335 e. The van der Waals surface area contributed by atoms with Gasteiger partial charge in [-0.05, 0) is 56.9 Å². The van der Waals surface area contributed by atoms with Gasteiger partial charge in [-0.2, -0.15) is 0 Å². The van der Waals surface area contributed by atoms with Crippen molar-refractivity contribution in [1.29, 1.82) is 0 Å². The molecule has 5 nitrogen and oxygen atoms in total. The van der Waals surface area contributed by atoms with Crippen LogP contribution in [0.5, 0.6) is 0 Å². The van der Waals surface area contributed by atoms with Crippen LogP contribution in [0.2, 0.25) is 0 Å². The molecule has 6 heteroatoms. The van der Waals surface area contributed by atoms with Gasteiger partial charge in [-0.25, -0.2) is 0 Å². The average Bonchev–Trinajstić information content (AvgIpc) is 3.26. The van der Waals surface area contributed by atoms with Crippen molar-refractivity contribution in [3.8, 4) is 0 Å². The summed E-state index contributed by atoms with van der Waals surface area (Å²) in [6.45, 7) is 9.96. The van der Waals surface area contributed by atoms with Gasteiger partial charge in [-0.1, -0.05) is 121 Å². The predicted octanol–water partition coefficient (Wildman–Crippen LogP) is 8.48. The maximum absolute atomic E-state index is 7.27. The van der Waals surface area contributed by atoms with E-state index in [0.717, 1.165) is 22.3 Å².